The molecule has 2 heterocycles. The number of rotatable bonds is 7. The van der Waals surface area contributed by atoms with Crippen LogP contribution in [0.3, 0.4) is 0 Å². The second-order valence-electron chi connectivity index (χ2n) is 11.2. The van der Waals surface area contributed by atoms with Crippen molar-refractivity contribution in [2.45, 2.75) is 58.0 Å². The predicted octanol–water partition coefficient (Wildman–Crippen LogP) is 5.33. The normalized spacial score (nSPS) is 29.7. The van der Waals surface area contributed by atoms with Crippen molar-refractivity contribution in [2.75, 3.05) is 32.6 Å². The van der Waals surface area contributed by atoms with Crippen molar-refractivity contribution < 1.29 is 9.47 Å². The molecule has 1 aliphatic heterocycles. The number of methoxy groups -OCH3 is 2. The number of aromatic nitrogens is 2. The van der Waals surface area contributed by atoms with Gasteiger partial charge in [-0.05, 0) is 79.7 Å². The summed E-state index contributed by atoms with van der Waals surface area (Å²) in [7, 11) is 3.25. The first-order valence-electron chi connectivity index (χ1n) is 12.7. The van der Waals surface area contributed by atoms with Gasteiger partial charge in [-0.2, -0.15) is 0 Å². The van der Waals surface area contributed by atoms with Crippen molar-refractivity contribution in [1.82, 2.24) is 14.9 Å². The average molecular weight is 483 g/mol. The molecule has 4 saturated carbocycles. The van der Waals surface area contributed by atoms with Gasteiger partial charge in [0.05, 0.1) is 24.9 Å². The molecular weight excluding hydrogens is 448 g/mol. The minimum Gasteiger partial charge on any atom is -0.493 e. The van der Waals surface area contributed by atoms with Gasteiger partial charge in [0.1, 0.15) is 12.1 Å². The molecule has 0 unspecified atom stereocenters. The van der Waals surface area contributed by atoms with E-state index < -0.39 is 0 Å². The standard InChI is InChI=1S/C27H35ClN4O2/c1-33-23-4-3-20(24(28)25(23)34-2)13-32-6-5-21-22(14-32)30-16-31-26(21)29-15-27-10-17-7-18(11-27)9-19(8-17)12-27/h3-4,16-19H,5-15H2,1-2H3,(H,29,30,31). The lowest BCUT2D eigenvalue weighted by Gasteiger charge is -2.57. The van der Waals surface area contributed by atoms with E-state index in [1.165, 1.54) is 44.1 Å². The van der Waals surface area contributed by atoms with Crippen LogP contribution in [0.4, 0.5) is 5.82 Å². The highest BCUT2D eigenvalue weighted by Gasteiger charge is 2.50. The molecule has 0 saturated heterocycles. The van der Waals surface area contributed by atoms with Crippen LogP contribution < -0.4 is 14.8 Å². The van der Waals surface area contributed by atoms with Gasteiger partial charge in [0.15, 0.2) is 11.5 Å². The maximum atomic E-state index is 6.64. The third-order valence-electron chi connectivity index (χ3n) is 8.84. The third-order valence-corrected chi connectivity index (χ3v) is 9.26. The Morgan fingerprint density at radius 1 is 1.06 bits per heavy atom. The molecule has 7 heteroatoms. The number of hydrogen-bond donors (Lipinski definition) is 1. The molecule has 4 fully saturated rings. The van der Waals surface area contributed by atoms with Crippen molar-refractivity contribution >= 4 is 17.4 Å². The van der Waals surface area contributed by atoms with E-state index in [2.05, 4.69) is 20.2 Å². The molecule has 1 aromatic heterocycles. The molecule has 0 amide bonds. The number of ether oxygens (including phenoxy) is 2. The molecule has 1 N–H and O–H groups in total. The maximum absolute atomic E-state index is 6.64. The Kier molecular flexibility index (Phi) is 5.85. The number of halogens is 1. The summed E-state index contributed by atoms with van der Waals surface area (Å²) in [6, 6.07) is 3.95. The number of nitrogens with zero attached hydrogens (tertiary/aromatic N) is 3. The van der Waals surface area contributed by atoms with Crippen molar-refractivity contribution in [3.05, 3.63) is 40.3 Å². The Morgan fingerprint density at radius 3 is 2.47 bits per heavy atom. The molecule has 4 bridgehead atoms. The van der Waals surface area contributed by atoms with E-state index in [4.69, 9.17) is 21.1 Å². The molecule has 0 radical (unpaired) electrons. The van der Waals surface area contributed by atoms with E-state index in [-0.39, 0.29) is 0 Å². The summed E-state index contributed by atoms with van der Waals surface area (Å²) in [5.74, 6) is 5.24. The fraction of sp³-hybridized carbons (Fsp3) is 0.630. The summed E-state index contributed by atoms with van der Waals surface area (Å²) >= 11 is 6.64. The van der Waals surface area contributed by atoms with E-state index in [0.717, 1.165) is 67.4 Å². The van der Waals surface area contributed by atoms with Gasteiger partial charge >= 0.3 is 0 Å². The SMILES string of the molecule is COc1ccc(CN2CCc3c(ncnc3NCC34CC5CC(CC(C5)C3)C4)C2)c(Cl)c1OC. The zero-order chi connectivity index (χ0) is 23.3. The molecule has 2 aromatic rings. The van der Waals surface area contributed by atoms with Gasteiger partial charge in [-0.25, -0.2) is 9.97 Å². The third kappa shape index (κ3) is 4.03. The second kappa shape index (κ2) is 8.87. The Labute approximate surface area is 207 Å². The monoisotopic (exact) mass is 482 g/mol. The van der Waals surface area contributed by atoms with Crippen molar-refractivity contribution in [1.29, 1.82) is 0 Å². The summed E-state index contributed by atoms with van der Waals surface area (Å²) in [6.45, 7) is 3.58. The highest BCUT2D eigenvalue weighted by atomic mass is 35.5. The molecule has 0 atom stereocenters. The minimum atomic E-state index is 0.497. The summed E-state index contributed by atoms with van der Waals surface area (Å²) in [5, 5.41) is 4.43. The molecule has 1 aromatic carbocycles. The molecule has 0 spiro atoms. The number of nitrogens with one attached hydrogen (secondary N) is 1. The van der Waals surface area contributed by atoms with Crippen LogP contribution in [0.2, 0.25) is 5.02 Å². The summed E-state index contributed by atoms with van der Waals surface area (Å²) in [4.78, 5) is 11.7. The van der Waals surface area contributed by atoms with Gasteiger partial charge in [-0.1, -0.05) is 17.7 Å². The average Bonchev–Trinajstić information content (AvgIpc) is 2.83. The number of hydrogen-bond acceptors (Lipinski definition) is 6. The molecule has 4 aliphatic carbocycles. The van der Waals surface area contributed by atoms with Gasteiger partial charge in [0, 0.05) is 31.7 Å². The van der Waals surface area contributed by atoms with E-state index in [1.54, 1.807) is 20.5 Å². The molecule has 34 heavy (non-hydrogen) atoms. The van der Waals surface area contributed by atoms with Crippen LogP contribution in [0.15, 0.2) is 18.5 Å². The number of fused-ring (bicyclic) bond motifs is 1. The first-order chi connectivity index (χ1) is 16.6. The highest BCUT2D eigenvalue weighted by molar-refractivity contribution is 6.33. The Hall–Kier alpha value is -2.05. The molecule has 182 valence electrons. The van der Waals surface area contributed by atoms with Crippen molar-refractivity contribution in [3.63, 3.8) is 0 Å². The number of anilines is 1. The van der Waals surface area contributed by atoms with Crippen LogP contribution in [0.1, 0.15) is 55.3 Å². The smallest absolute Gasteiger partial charge is 0.179 e. The Morgan fingerprint density at radius 2 is 1.79 bits per heavy atom. The van der Waals surface area contributed by atoms with E-state index in [1.807, 2.05) is 12.1 Å². The van der Waals surface area contributed by atoms with Crippen LogP contribution >= 0.6 is 11.6 Å². The quantitative estimate of drug-likeness (QED) is 0.575. The number of benzene rings is 1. The first kappa shape index (κ1) is 22.4. The Balaban J connectivity index is 1.14. The zero-order valence-electron chi connectivity index (χ0n) is 20.3. The Bertz CT molecular complexity index is 1040. The van der Waals surface area contributed by atoms with Gasteiger partial charge < -0.3 is 14.8 Å². The van der Waals surface area contributed by atoms with Crippen LogP contribution in [-0.2, 0) is 19.5 Å². The topological polar surface area (TPSA) is 59.5 Å². The first-order valence-corrected chi connectivity index (χ1v) is 13.1. The second-order valence-corrected chi connectivity index (χ2v) is 11.5. The van der Waals surface area contributed by atoms with Gasteiger partial charge in [-0.15, -0.1) is 0 Å². The van der Waals surface area contributed by atoms with E-state index >= 15 is 0 Å². The van der Waals surface area contributed by atoms with Gasteiger partial charge in [-0.3, -0.25) is 4.90 Å². The van der Waals surface area contributed by atoms with Gasteiger partial charge in [0.2, 0.25) is 0 Å². The summed E-state index contributed by atoms with van der Waals surface area (Å²) in [5.41, 5.74) is 3.96. The fourth-order valence-electron chi connectivity index (χ4n) is 7.77. The van der Waals surface area contributed by atoms with E-state index in [0.29, 0.717) is 21.9 Å². The van der Waals surface area contributed by atoms with Crippen LogP contribution in [0, 0.1) is 23.2 Å². The van der Waals surface area contributed by atoms with Gasteiger partial charge in [0.25, 0.3) is 0 Å². The van der Waals surface area contributed by atoms with Crippen LogP contribution in [0.25, 0.3) is 0 Å². The van der Waals surface area contributed by atoms with Crippen molar-refractivity contribution in [3.8, 4) is 11.5 Å². The maximum Gasteiger partial charge on any atom is 0.179 e. The van der Waals surface area contributed by atoms with Crippen molar-refractivity contribution in [2.24, 2.45) is 23.2 Å². The van der Waals surface area contributed by atoms with Crippen LogP contribution in [0.5, 0.6) is 11.5 Å². The van der Waals surface area contributed by atoms with E-state index in [9.17, 15) is 0 Å². The predicted molar refractivity (Wildman–Crippen MR) is 134 cm³/mol. The largest absolute Gasteiger partial charge is 0.493 e. The molecule has 6 nitrogen and oxygen atoms in total. The highest BCUT2D eigenvalue weighted by Crippen LogP contribution is 2.60. The summed E-state index contributed by atoms with van der Waals surface area (Å²) in [6.07, 6.45) is 11.4. The summed E-state index contributed by atoms with van der Waals surface area (Å²) < 4.78 is 10.9. The fourth-order valence-corrected chi connectivity index (χ4v) is 8.06. The lowest BCUT2D eigenvalue weighted by atomic mass is 9.49. The van der Waals surface area contributed by atoms with Crippen LogP contribution in [-0.4, -0.2) is 42.2 Å². The minimum absolute atomic E-state index is 0.497. The lowest BCUT2D eigenvalue weighted by Crippen LogP contribution is -2.49. The molecule has 7 rings (SSSR count). The lowest BCUT2D eigenvalue weighted by molar-refractivity contribution is -0.0444. The molecule has 5 aliphatic rings. The molecular formula is C27H35ClN4O2. The zero-order valence-corrected chi connectivity index (χ0v) is 21.0.